The van der Waals surface area contributed by atoms with Crippen molar-refractivity contribution in [3.63, 3.8) is 0 Å². The van der Waals surface area contributed by atoms with Gasteiger partial charge >= 0.3 is 0 Å². The van der Waals surface area contributed by atoms with Crippen LogP contribution in [0.15, 0.2) is 47.4 Å². The number of rotatable bonds is 5. The van der Waals surface area contributed by atoms with Crippen molar-refractivity contribution in [1.82, 2.24) is 14.5 Å². The van der Waals surface area contributed by atoms with Crippen molar-refractivity contribution in [3.8, 4) is 0 Å². The fraction of sp³-hybridized carbons (Fsp3) is 0.211. The molecule has 162 valence electrons. The molecule has 0 aliphatic carbocycles. The van der Waals surface area contributed by atoms with Gasteiger partial charge in [-0.3, -0.25) is 4.79 Å². The van der Waals surface area contributed by atoms with Crippen LogP contribution in [0.3, 0.4) is 0 Å². The third-order valence-electron chi connectivity index (χ3n) is 4.71. The van der Waals surface area contributed by atoms with Gasteiger partial charge in [-0.05, 0) is 43.2 Å². The lowest BCUT2D eigenvalue weighted by Gasteiger charge is -2.22. The monoisotopic (exact) mass is 484 g/mol. The highest BCUT2D eigenvalue weighted by molar-refractivity contribution is 7.89. The molecule has 31 heavy (non-hydrogen) atoms. The molecule has 1 aliphatic rings. The minimum Gasteiger partial charge on any atom is -0.317 e. The van der Waals surface area contributed by atoms with Crippen LogP contribution in [0.2, 0.25) is 5.02 Å². The van der Waals surface area contributed by atoms with Gasteiger partial charge in [0.25, 0.3) is 5.91 Å². The average Bonchev–Trinajstić information content (AvgIpc) is 3.39. The maximum absolute atomic E-state index is 13.8. The first-order valence-electron chi connectivity index (χ1n) is 9.13. The lowest BCUT2D eigenvalue weighted by Crippen LogP contribution is -2.30. The van der Waals surface area contributed by atoms with Crippen LogP contribution in [0, 0.1) is 11.6 Å². The zero-order valence-corrected chi connectivity index (χ0v) is 18.1. The fourth-order valence-electron chi connectivity index (χ4n) is 3.27. The maximum atomic E-state index is 13.8. The summed E-state index contributed by atoms with van der Waals surface area (Å²) in [6.07, 6.45) is 1.13. The van der Waals surface area contributed by atoms with Crippen molar-refractivity contribution < 1.29 is 22.0 Å². The number of carbonyl (C=O) groups is 1. The average molecular weight is 485 g/mol. The SMILES string of the molecule is O=C(Nc1ccc(F)cc1F)c1nnc(C2CCCN2S(=O)(=O)c2cccc(Cl)c2)s1. The third-order valence-corrected chi connectivity index (χ3v) is 7.87. The minimum absolute atomic E-state index is 0.0641. The summed E-state index contributed by atoms with van der Waals surface area (Å²) in [7, 11) is -3.83. The zero-order valence-electron chi connectivity index (χ0n) is 15.8. The van der Waals surface area contributed by atoms with Crippen molar-refractivity contribution in [2.45, 2.75) is 23.8 Å². The molecule has 1 N–H and O–H groups in total. The minimum atomic E-state index is -3.83. The zero-order chi connectivity index (χ0) is 22.2. The predicted octanol–water partition coefficient (Wildman–Crippen LogP) is 4.25. The summed E-state index contributed by atoms with van der Waals surface area (Å²) < 4.78 is 54.3. The summed E-state index contributed by atoms with van der Waals surface area (Å²) in [6.45, 7) is 0.293. The van der Waals surface area contributed by atoms with Gasteiger partial charge in [0.15, 0.2) is 0 Å². The molecule has 3 aromatic rings. The summed E-state index contributed by atoms with van der Waals surface area (Å²) >= 11 is 6.86. The molecule has 2 aromatic carbocycles. The van der Waals surface area contributed by atoms with Crippen LogP contribution in [0.5, 0.6) is 0 Å². The van der Waals surface area contributed by atoms with Crippen molar-refractivity contribution in [1.29, 1.82) is 0 Å². The summed E-state index contributed by atoms with van der Waals surface area (Å²) in [4.78, 5) is 12.5. The van der Waals surface area contributed by atoms with E-state index in [9.17, 15) is 22.0 Å². The standard InChI is InChI=1S/C19H15ClF2N4O3S2/c20-11-3-1-4-13(9-11)31(28,29)26-8-2-5-16(26)18-24-25-19(30-18)17(27)23-15-7-6-12(21)10-14(15)22/h1,3-4,6-7,9-10,16H,2,5,8H2,(H,23,27). The molecule has 1 aromatic heterocycles. The number of nitrogens with zero attached hydrogens (tertiary/aromatic N) is 3. The first-order valence-corrected chi connectivity index (χ1v) is 11.8. The molecule has 1 atom stereocenters. The lowest BCUT2D eigenvalue weighted by molar-refractivity contribution is 0.102. The molecule has 0 radical (unpaired) electrons. The largest absolute Gasteiger partial charge is 0.317 e. The quantitative estimate of drug-likeness (QED) is 0.584. The smallest absolute Gasteiger partial charge is 0.286 e. The van der Waals surface area contributed by atoms with E-state index in [1.807, 2.05) is 0 Å². The second-order valence-corrected chi connectivity index (χ2v) is 10.1. The van der Waals surface area contributed by atoms with E-state index in [0.29, 0.717) is 35.5 Å². The van der Waals surface area contributed by atoms with E-state index in [-0.39, 0.29) is 15.6 Å². The van der Waals surface area contributed by atoms with E-state index < -0.39 is 33.6 Å². The molecule has 7 nitrogen and oxygen atoms in total. The summed E-state index contributed by atoms with van der Waals surface area (Å²) in [5.41, 5.74) is -0.200. The van der Waals surface area contributed by atoms with Crippen LogP contribution in [-0.2, 0) is 10.0 Å². The normalized spacial score (nSPS) is 17.1. The first kappa shape index (κ1) is 21.8. The molecule has 1 fully saturated rings. The summed E-state index contributed by atoms with van der Waals surface area (Å²) in [5.74, 6) is -2.42. The number of nitrogens with one attached hydrogen (secondary N) is 1. The number of carbonyl (C=O) groups excluding carboxylic acids is 1. The third kappa shape index (κ3) is 4.45. The molecule has 1 unspecified atom stereocenters. The molecule has 1 amide bonds. The summed E-state index contributed by atoms with van der Waals surface area (Å²) in [5, 5.41) is 10.7. The predicted molar refractivity (Wildman–Crippen MR) is 112 cm³/mol. The number of amides is 1. The highest BCUT2D eigenvalue weighted by atomic mass is 35.5. The van der Waals surface area contributed by atoms with Crippen LogP contribution in [0.25, 0.3) is 0 Å². The van der Waals surface area contributed by atoms with E-state index in [1.54, 1.807) is 12.1 Å². The van der Waals surface area contributed by atoms with Gasteiger partial charge in [0.05, 0.1) is 16.6 Å². The van der Waals surface area contributed by atoms with E-state index in [4.69, 9.17) is 11.6 Å². The molecule has 0 spiro atoms. The van der Waals surface area contributed by atoms with Gasteiger partial charge in [0, 0.05) is 17.6 Å². The van der Waals surface area contributed by atoms with Gasteiger partial charge in [0.1, 0.15) is 16.6 Å². The van der Waals surface area contributed by atoms with Crippen LogP contribution in [0.1, 0.15) is 33.7 Å². The lowest BCUT2D eigenvalue weighted by atomic mass is 10.2. The number of sulfonamides is 1. The Bertz CT molecular complexity index is 1250. The number of halogens is 3. The molecule has 4 rings (SSSR count). The van der Waals surface area contributed by atoms with Crippen LogP contribution in [-0.4, -0.2) is 35.4 Å². The number of anilines is 1. The molecule has 1 aliphatic heterocycles. The topological polar surface area (TPSA) is 92.3 Å². The highest BCUT2D eigenvalue weighted by Gasteiger charge is 2.38. The molecule has 0 bridgehead atoms. The van der Waals surface area contributed by atoms with Gasteiger partial charge in [-0.2, -0.15) is 4.31 Å². The molecule has 1 saturated heterocycles. The van der Waals surface area contributed by atoms with Gasteiger partial charge in [-0.15, -0.1) is 10.2 Å². The fourth-order valence-corrected chi connectivity index (χ4v) is 6.18. The Labute approximate surface area is 185 Å². The van der Waals surface area contributed by atoms with Crippen molar-refractivity contribution in [2.75, 3.05) is 11.9 Å². The van der Waals surface area contributed by atoms with E-state index >= 15 is 0 Å². The molecule has 0 saturated carbocycles. The number of hydrogen-bond donors (Lipinski definition) is 1. The Balaban J connectivity index is 1.56. The second-order valence-electron chi connectivity index (χ2n) is 6.75. The second kappa shape index (κ2) is 8.58. The van der Waals surface area contributed by atoms with Gasteiger partial charge in [-0.1, -0.05) is 29.0 Å². The first-order chi connectivity index (χ1) is 14.8. The van der Waals surface area contributed by atoms with Crippen LogP contribution < -0.4 is 5.32 Å². The molecule has 2 heterocycles. The Hall–Kier alpha value is -2.47. The van der Waals surface area contributed by atoms with Gasteiger partial charge in [-0.25, -0.2) is 17.2 Å². The maximum Gasteiger partial charge on any atom is 0.286 e. The number of aromatic nitrogens is 2. The van der Waals surface area contributed by atoms with Crippen LogP contribution in [0.4, 0.5) is 14.5 Å². The van der Waals surface area contributed by atoms with E-state index in [0.717, 1.165) is 23.5 Å². The highest BCUT2D eigenvalue weighted by Crippen LogP contribution is 2.38. The summed E-state index contributed by atoms with van der Waals surface area (Å²) in [6, 6.07) is 8.17. The Morgan fingerprint density at radius 2 is 2.00 bits per heavy atom. The van der Waals surface area contributed by atoms with E-state index in [2.05, 4.69) is 15.5 Å². The van der Waals surface area contributed by atoms with E-state index in [1.165, 1.54) is 16.4 Å². The number of hydrogen-bond acceptors (Lipinski definition) is 6. The molecular weight excluding hydrogens is 470 g/mol. The Morgan fingerprint density at radius 3 is 2.74 bits per heavy atom. The van der Waals surface area contributed by atoms with Crippen molar-refractivity contribution in [2.24, 2.45) is 0 Å². The van der Waals surface area contributed by atoms with Gasteiger partial charge < -0.3 is 5.32 Å². The van der Waals surface area contributed by atoms with Gasteiger partial charge in [0.2, 0.25) is 15.0 Å². The Morgan fingerprint density at radius 1 is 1.19 bits per heavy atom. The van der Waals surface area contributed by atoms with Crippen molar-refractivity contribution in [3.05, 3.63) is 69.1 Å². The Kier molecular flexibility index (Phi) is 6.02. The van der Waals surface area contributed by atoms with Crippen LogP contribution >= 0.6 is 22.9 Å². The molecular formula is C19H15ClF2N4O3S2. The number of benzene rings is 2. The molecule has 12 heteroatoms. The van der Waals surface area contributed by atoms with Crippen molar-refractivity contribution >= 4 is 44.6 Å².